The summed E-state index contributed by atoms with van der Waals surface area (Å²) in [6, 6.07) is 19.4. The zero-order chi connectivity index (χ0) is 27.5. The van der Waals surface area contributed by atoms with E-state index in [1.54, 1.807) is 55.5 Å². The number of aryl methyl sites for hydroxylation is 1. The van der Waals surface area contributed by atoms with Gasteiger partial charge in [-0.25, -0.2) is 4.79 Å². The van der Waals surface area contributed by atoms with Gasteiger partial charge in [-0.15, -0.1) is 23.1 Å². The average Bonchev–Trinajstić information content (AvgIpc) is 3.29. The number of rotatable bonds is 7. The maximum absolute atomic E-state index is 13.2. The number of nitrogens with zero attached hydrogens (tertiary/aromatic N) is 1. The molecule has 7 nitrogen and oxygen atoms in total. The van der Waals surface area contributed by atoms with Crippen molar-refractivity contribution in [3.05, 3.63) is 87.8 Å². The van der Waals surface area contributed by atoms with E-state index in [0.29, 0.717) is 27.0 Å². The molecule has 1 aromatic heterocycles. The molecule has 1 heterocycles. The van der Waals surface area contributed by atoms with Gasteiger partial charge in [-0.3, -0.25) is 9.59 Å². The molecular formula is C30H25N3O4S2. The molecule has 0 fully saturated rings. The number of aromatic carboxylic acids is 1. The Kier molecular flexibility index (Phi) is 7.68. The van der Waals surface area contributed by atoms with Crippen LogP contribution in [0.15, 0.2) is 65.6 Å². The van der Waals surface area contributed by atoms with Crippen molar-refractivity contribution in [3.63, 3.8) is 0 Å². The smallest absolute Gasteiger partial charge is 0.336 e. The number of carboxylic acids is 1. The third-order valence-electron chi connectivity index (χ3n) is 6.67. The largest absolute Gasteiger partial charge is 0.478 e. The fourth-order valence-corrected chi connectivity index (χ4v) is 6.97. The van der Waals surface area contributed by atoms with Crippen LogP contribution in [0.25, 0.3) is 10.8 Å². The van der Waals surface area contributed by atoms with Gasteiger partial charge in [0.2, 0.25) is 5.91 Å². The van der Waals surface area contributed by atoms with Gasteiger partial charge in [-0.2, -0.15) is 5.26 Å². The second kappa shape index (κ2) is 11.3. The van der Waals surface area contributed by atoms with Crippen molar-refractivity contribution in [3.8, 4) is 6.07 Å². The fourth-order valence-electron chi connectivity index (χ4n) is 4.80. The molecule has 1 aliphatic carbocycles. The predicted molar refractivity (Wildman–Crippen MR) is 155 cm³/mol. The summed E-state index contributed by atoms with van der Waals surface area (Å²) in [5.41, 5.74) is 2.52. The Morgan fingerprint density at radius 1 is 1.00 bits per heavy atom. The number of thioether (sulfide) groups is 1. The van der Waals surface area contributed by atoms with Gasteiger partial charge in [0, 0.05) is 26.4 Å². The highest BCUT2D eigenvalue weighted by molar-refractivity contribution is 8.00. The van der Waals surface area contributed by atoms with Crippen LogP contribution >= 0.6 is 23.1 Å². The number of thiophene rings is 1. The van der Waals surface area contributed by atoms with Gasteiger partial charge >= 0.3 is 5.97 Å². The number of benzene rings is 3. The summed E-state index contributed by atoms with van der Waals surface area (Å²) in [4.78, 5) is 39.9. The average molecular weight is 556 g/mol. The van der Waals surface area contributed by atoms with Crippen LogP contribution in [-0.2, 0) is 17.6 Å². The van der Waals surface area contributed by atoms with Crippen molar-refractivity contribution in [1.29, 1.82) is 5.26 Å². The van der Waals surface area contributed by atoms with E-state index < -0.39 is 17.1 Å². The molecule has 196 valence electrons. The number of carbonyl (C=O) groups is 3. The van der Waals surface area contributed by atoms with E-state index in [-0.39, 0.29) is 17.0 Å². The lowest BCUT2D eigenvalue weighted by Gasteiger charge is -2.13. The zero-order valence-corrected chi connectivity index (χ0v) is 22.7. The lowest BCUT2D eigenvalue weighted by atomic mass is 9.96. The molecule has 0 bridgehead atoms. The molecule has 5 rings (SSSR count). The molecule has 0 aliphatic heterocycles. The van der Waals surface area contributed by atoms with Gasteiger partial charge in [-0.05, 0) is 73.9 Å². The first-order valence-electron chi connectivity index (χ1n) is 12.5. The highest BCUT2D eigenvalue weighted by atomic mass is 32.2. The Labute approximate surface area is 233 Å². The van der Waals surface area contributed by atoms with E-state index in [1.807, 2.05) is 6.07 Å². The molecular weight excluding hydrogens is 530 g/mol. The number of carbonyl (C=O) groups excluding carboxylic acids is 2. The Bertz CT molecular complexity index is 1650. The van der Waals surface area contributed by atoms with Crippen LogP contribution in [0.1, 0.15) is 56.5 Å². The first-order chi connectivity index (χ1) is 18.9. The second-order valence-corrected chi connectivity index (χ2v) is 11.8. The highest BCUT2D eigenvalue weighted by Crippen LogP contribution is 2.38. The SMILES string of the molecule is CC(Sc1cccc(NC(=O)c2cccc3cccc(C(=O)O)c23)c1)C(=O)Nc1sc2c(c1C#N)CCCC2. The number of hydrogen-bond acceptors (Lipinski definition) is 6. The molecule has 9 heteroatoms. The summed E-state index contributed by atoms with van der Waals surface area (Å²) in [6.45, 7) is 1.80. The van der Waals surface area contributed by atoms with Crippen molar-refractivity contribution in [2.24, 2.45) is 0 Å². The number of fused-ring (bicyclic) bond motifs is 2. The summed E-state index contributed by atoms with van der Waals surface area (Å²) in [5, 5.41) is 26.3. The van der Waals surface area contributed by atoms with Crippen LogP contribution in [0, 0.1) is 11.3 Å². The molecule has 2 amide bonds. The molecule has 0 saturated heterocycles. The minimum absolute atomic E-state index is 0.0635. The summed E-state index contributed by atoms with van der Waals surface area (Å²) in [5.74, 6) is -1.72. The highest BCUT2D eigenvalue weighted by Gasteiger charge is 2.24. The monoisotopic (exact) mass is 555 g/mol. The predicted octanol–water partition coefficient (Wildman–Crippen LogP) is 6.72. The van der Waals surface area contributed by atoms with E-state index in [1.165, 1.54) is 34.0 Å². The van der Waals surface area contributed by atoms with Gasteiger partial charge in [-0.1, -0.05) is 30.3 Å². The lowest BCUT2D eigenvalue weighted by molar-refractivity contribution is -0.115. The quantitative estimate of drug-likeness (QED) is 0.218. The molecule has 39 heavy (non-hydrogen) atoms. The Morgan fingerprint density at radius 2 is 1.72 bits per heavy atom. The van der Waals surface area contributed by atoms with E-state index in [4.69, 9.17) is 0 Å². The summed E-state index contributed by atoms with van der Waals surface area (Å²) in [7, 11) is 0. The standard InChI is InChI=1S/C30H25N3O4S2/c1-17(27(34)33-29-24(16-31)21-11-2-3-14-25(21)39-29)38-20-10-6-9-19(15-20)32-28(35)22-12-4-7-18-8-5-13-23(26(18)22)30(36)37/h4-10,12-13,15,17H,2-3,11,14H2,1H3,(H,32,35)(H,33,34)(H,36,37). The number of nitriles is 1. The Morgan fingerprint density at radius 3 is 2.46 bits per heavy atom. The fraction of sp³-hybridized carbons (Fsp3) is 0.200. The van der Waals surface area contributed by atoms with E-state index >= 15 is 0 Å². The zero-order valence-electron chi connectivity index (χ0n) is 21.1. The Hall–Kier alpha value is -4.13. The number of nitrogens with one attached hydrogen (secondary N) is 2. The van der Waals surface area contributed by atoms with Gasteiger partial charge in [0.25, 0.3) is 5.91 Å². The van der Waals surface area contributed by atoms with Crippen LogP contribution in [-0.4, -0.2) is 28.1 Å². The van der Waals surface area contributed by atoms with Gasteiger partial charge in [0.1, 0.15) is 11.1 Å². The summed E-state index contributed by atoms with van der Waals surface area (Å²) < 4.78 is 0. The van der Waals surface area contributed by atoms with Gasteiger partial charge < -0.3 is 15.7 Å². The molecule has 0 spiro atoms. The molecule has 1 unspecified atom stereocenters. The third kappa shape index (κ3) is 5.53. The minimum atomic E-state index is -1.10. The van der Waals surface area contributed by atoms with Crippen LogP contribution in [0.3, 0.4) is 0 Å². The van der Waals surface area contributed by atoms with Crippen molar-refractivity contribution < 1.29 is 19.5 Å². The number of hydrogen-bond donors (Lipinski definition) is 3. The molecule has 3 N–H and O–H groups in total. The summed E-state index contributed by atoms with van der Waals surface area (Å²) >= 11 is 2.85. The van der Waals surface area contributed by atoms with Crippen LogP contribution < -0.4 is 10.6 Å². The van der Waals surface area contributed by atoms with Crippen LogP contribution in [0.4, 0.5) is 10.7 Å². The summed E-state index contributed by atoms with van der Waals surface area (Å²) in [6.07, 6.45) is 3.99. The third-order valence-corrected chi connectivity index (χ3v) is 8.97. The van der Waals surface area contributed by atoms with Crippen molar-refractivity contribution >= 4 is 62.3 Å². The maximum Gasteiger partial charge on any atom is 0.336 e. The number of amides is 2. The molecule has 1 aliphatic rings. The van der Waals surface area contributed by atoms with Crippen molar-refractivity contribution in [2.75, 3.05) is 10.6 Å². The van der Waals surface area contributed by atoms with E-state index in [9.17, 15) is 24.8 Å². The normalized spacial score (nSPS) is 13.2. The van der Waals surface area contributed by atoms with E-state index in [0.717, 1.165) is 36.1 Å². The molecule has 1 atom stereocenters. The molecule has 3 aromatic carbocycles. The molecule has 0 saturated carbocycles. The van der Waals surface area contributed by atoms with Crippen molar-refractivity contribution in [1.82, 2.24) is 0 Å². The first-order valence-corrected chi connectivity index (χ1v) is 14.2. The van der Waals surface area contributed by atoms with Crippen LogP contribution in [0.2, 0.25) is 0 Å². The van der Waals surface area contributed by atoms with Gasteiger partial charge in [0.15, 0.2) is 0 Å². The molecule has 4 aromatic rings. The molecule has 0 radical (unpaired) electrons. The van der Waals surface area contributed by atoms with Crippen molar-refractivity contribution in [2.45, 2.75) is 42.8 Å². The van der Waals surface area contributed by atoms with Crippen LogP contribution in [0.5, 0.6) is 0 Å². The first kappa shape index (κ1) is 26.5. The van der Waals surface area contributed by atoms with E-state index in [2.05, 4.69) is 16.7 Å². The Balaban J connectivity index is 1.30. The maximum atomic E-state index is 13.2. The topological polar surface area (TPSA) is 119 Å². The second-order valence-electron chi connectivity index (χ2n) is 9.27. The minimum Gasteiger partial charge on any atom is -0.478 e. The van der Waals surface area contributed by atoms with Gasteiger partial charge in [0.05, 0.1) is 16.4 Å². The number of anilines is 2. The number of carboxylic acid groups (broad SMARTS) is 1. The lowest BCUT2D eigenvalue weighted by Crippen LogP contribution is -2.22.